The predicted octanol–water partition coefficient (Wildman–Crippen LogP) is 1.10. The molecule has 0 atom stereocenters. The standard InChI is InChI=1S/C13H19N3O2S.ClH/c14-8-10-3-5-16(6-4-10)12(17)9-15-13(18)11-2-1-7-19-11;/h1-2,7,10H,3-6,8-9,14H2,(H,15,18);1H. The Morgan fingerprint density at radius 3 is 2.65 bits per heavy atom. The van der Waals surface area contributed by atoms with Gasteiger partial charge < -0.3 is 16.0 Å². The zero-order chi connectivity index (χ0) is 13.7. The van der Waals surface area contributed by atoms with E-state index in [1.807, 2.05) is 11.4 Å². The highest BCUT2D eigenvalue weighted by Gasteiger charge is 2.22. The van der Waals surface area contributed by atoms with Crippen LogP contribution >= 0.6 is 23.7 Å². The second-order valence-corrected chi connectivity index (χ2v) is 5.67. The van der Waals surface area contributed by atoms with Crippen molar-refractivity contribution in [1.29, 1.82) is 0 Å². The Kier molecular flexibility index (Phi) is 6.98. The second-order valence-electron chi connectivity index (χ2n) is 4.72. The average molecular weight is 318 g/mol. The van der Waals surface area contributed by atoms with Gasteiger partial charge in [0.05, 0.1) is 11.4 Å². The average Bonchev–Trinajstić information content (AvgIpc) is 2.98. The van der Waals surface area contributed by atoms with Crippen molar-refractivity contribution >= 4 is 35.6 Å². The fraction of sp³-hybridized carbons (Fsp3) is 0.538. The van der Waals surface area contributed by atoms with Crippen LogP contribution in [0, 0.1) is 5.92 Å². The van der Waals surface area contributed by atoms with E-state index in [9.17, 15) is 9.59 Å². The molecular formula is C13H20ClN3O2S. The maximum absolute atomic E-state index is 12.0. The minimum absolute atomic E-state index is 0. The summed E-state index contributed by atoms with van der Waals surface area (Å²) in [6, 6.07) is 3.57. The summed E-state index contributed by atoms with van der Waals surface area (Å²) in [6.07, 6.45) is 1.92. The van der Waals surface area contributed by atoms with Crippen LogP contribution in [0.3, 0.4) is 0 Å². The van der Waals surface area contributed by atoms with Crippen molar-refractivity contribution < 1.29 is 9.59 Å². The number of carbonyl (C=O) groups excluding carboxylic acids is 2. The van der Waals surface area contributed by atoms with E-state index >= 15 is 0 Å². The molecule has 0 spiro atoms. The Labute approximate surface area is 128 Å². The summed E-state index contributed by atoms with van der Waals surface area (Å²) < 4.78 is 0. The lowest BCUT2D eigenvalue weighted by Gasteiger charge is -2.31. The van der Waals surface area contributed by atoms with E-state index in [4.69, 9.17) is 5.73 Å². The Hall–Kier alpha value is -1.11. The molecule has 112 valence electrons. The third-order valence-corrected chi connectivity index (χ3v) is 4.31. The van der Waals surface area contributed by atoms with Crippen LogP contribution in [0.4, 0.5) is 0 Å². The minimum Gasteiger partial charge on any atom is -0.342 e. The first-order chi connectivity index (χ1) is 9.20. The monoisotopic (exact) mass is 317 g/mol. The molecule has 1 saturated heterocycles. The molecule has 3 N–H and O–H groups in total. The highest BCUT2D eigenvalue weighted by atomic mass is 35.5. The van der Waals surface area contributed by atoms with E-state index in [-0.39, 0.29) is 30.8 Å². The van der Waals surface area contributed by atoms with E-state index in [0.29, 0.717) is 17.3 Å². The number of nitrogens with one attached hydrogen (secondary N) is 1. The first-order valence-corrected chi connectivity index (χ1v) is 7.38. The molecule has 1 fully saturated rings. The molecule has 2 amide bonds. The quantitative estimate of drug-likeness (QED) is 0.873. The summed E-state index contributed by atoms with van der Waals surface area (Å²) in [5, 5.41) is 4.50. The molecule has 7 heteroatoms. The molecule has 0 aliphatic carbocycles. The van der Waals surface area contributed by atoms with Crippen molar-refractivity contribution in [2.45, 2.75) is 12.8 Å². The highest BCUT2D eigenvalue weighted by molar-refractivity contribution is 7.12. The molecule has 2 rings (SSSR count). The van der Waals surface area contributed by atoms with Gasteiger partial charge in [-0.3, -0.25) is 9.59 Å². The van der Waals surface area contributed by atoms with Crippen LogP contribution < -0.4 is 11.1 Å². The molecule has 1 aliphatic heterocycles. The topological polar surface area (TPSA) is 75.4 Å². The first-order valence-electron chi connectivity index (χ1n) is 6.50. The highest BCUT2D eigenvalue weighted by Crippen LogP contribution is 2.15. The van der Waals surface area contributed by atoms with Crippen molar-refractivity contribution in [3.05, 3.63) is 22.4 Å². The van der Waals surface area contributed by atoms with E-state index in [0.717, 1.165) is 25.9 Å². The number of carbonyl (C=O) groups is 2. The van der Waals surface area contributed by atoms with Crippen molar-refractivity contribution in [2.24, 2.45) is 11.7 Å². The minimum atomic E-state index is -0.180. The second kappa shape index (κ2) is 8.24. The normalized spacial score (nSPS) is 15.6. The van der Waals surface area contributed by atoms with Gasteiger partial charge in [0.15, 0.2) is 0 Å². The fourth-order valence-electron chi connectivity index (χ4n) is 2.18. The predicted molar refractivity (Wildman–Crippen MR) is 82.3 cm³/mol. The molecular weight excluding hydrogens is 298 g/mol. The third kappa shape index (κ3) is 4.47. The van der Waals surface area contributed by atoms with Crippen LogP contribution in [0.15, 0.2) is 17.5 Å². The lowest BCUT2D eigenvalue weighted by Crippen LogP contribution is -2.44. The number of piperidine rings is 1. The number of rotatable bonds is 4. The fourth-order valence-corrected chi connectivity index (χ4v) is 2.82. The molecule has 0 bridgehead atoms. The summed E-state index contributed by atoms with van der Waals surface area (Å²) in [5.74, 6) is 0.338. The summed E-state index contributed by atoms with van der Waals surface area (Å²) in [4.78, 5) is 26.1. The molecule has 0 saturated carbocycles. The SMILES string of the molecule is Cl.NCC1CCN(C(=O)CNC(=O)c2cccs2)CC1. The van der Waals surface area contributed by atoms with Gasteiger partial charge in [-0.2, -0.15) is 0 Å². The number of nitrogens with two attached hydrogens (primary N) is 1. The van der Waals surface area contributed by atoms with Gasteiger partial charge >= 0.3 is 0 Å². The van der Waals surface area contributed by atoms with Crippen LogP contribution in [-0.2, 0) is 4.79 Å². The van der Waals surface area contributed by atoms with Gasteiger partial charge in [0.1, 0.15) is 0 Å². The first kappa shape index (κ1) is 16.9. The van der Waals surface area contributed by atoms with Gasteiger partial charge in [-0.1, -0.05) is 6.07 Å². The number of hydrogen-bond acceptors (Lipinski definition) is 4. The number of likely N-dealkylation sites (tertiary alicyclic amines) is 1. The Balaban J connectivity index is 0.00000200. The zero-order valence-corrected chi connectivity index (χ0v) is 12.8. The summed E-state index contributed by atoms with van der Waals surface area (Å²) in [7, 11) is 0. The van der Waals surface area contributed by atoms with Crippen molar-refractivity contribution in [1.82, 2.24) is 10.2 Å². The van der Waals surface area contributed by atoms with E-state index in [1.54, 1.807) is 11.0 Å². The van der Waals surface area contributed by atoms with Crippen LogP contribution in [0.5, 0.6) is 0 Å². The lowest BCUT2D eigenvalue weighted by atomic mass is 9.97. The van der Waals surface area contributed by atoms with Crippen LogP contribution in [0.2, 0.25) is 0 Å². The number of thiophene rings is 1. The maximum atomic E-state index is 12.0. The third-order valence-electron chi connectivity index (χ3n) is 3.45. The number of nitrogens with zero attached hydrogens (tertiary/aromatic N) is 1. The number of halogens is 1. The number of hydrogen-bond donors (Lipinski definition) is 2. The molecule has 1 aliphatic rings. The summed E-state index contributed by atoms with van der Waals surface area (Å²) in [5.41, 5.74) is 5.62. The Bertz CT molecular complexity index is 431. The molecule has 1 aromatic heterocycles. The van der Waals surface area contributed by atoms with Crippen molar-refractivity contribution in [2.75, 3.05) is 26.2 Å². The molecule has 0 radical (unpaired) electrons. The van der Waals surface area contributed by atoms with Gasteiger partial charge in [0.2, 0.25) is 5.91 Å². The van der Waals surface area contributed by atoms with Crippen LogP contribution in [0.25, 0.3) is 0 Å². The van der Waals surface area contributed by atoms with Crippen LogP contribution in [-0.4, -0.2) is 42.9 Å². The van der Waals surface area contributed by atoms with Gasteiger partial charge in [0, 0.05) is 13.1 Å². The van der Waals surface area contributed by atoms with Crippen molar-refractivity contribution in [3.8, 4) is 0 Å². The van der Waals surface area contributed by atoms with E-state index < -0.39 is 0 Å². The zero-order valence-electron chi connectivity index (χ0n) is 11.2. The Morgan fingerprint density at radius 2 is 2.10 bits per heavy atom. The molecule has 1 aromatic rings. The number of amides is 2. The van der Waals surface area contributed by atoms with E-state index in [1.165, 1.54) is 11.3 Å². The van der Waals surface area contributed by atoms with Gasteiger partial charge in [0.25, 0.3) is 5.91 Å². The Morgan fingerprint density at radius 1 is 1.40 bits per heavy atom. The molecule has 5 nitrogen and oxygen atoms in total. The van der Waals surface area contributed by atoms with Gasteiger partial charge in [-0.25, -0.2) is 0 Å². The molecule has 20 heavy (non-hydrogen) atoms. The van der Waals surface area contributed by atoms with Crippen molar-refractivity contribution in [3.63, 3.8) is 0 Å². The van der Waals surface area contributed by atoms with E-state index in [2.05, 4.69) is 5.32 Å². The summed E-state index contributed by atoms with van der Waals surface area (Å²) >= 11 is 1.37. The van der Waals surface area contributed by atoms with Crippen LogP contribution in [0.1, 0.15) is 22.5 Å². The van der Waals surface area contributed by atoms with Gasteiger partial charge in [-0.15, -0.1) is 23.7 Å². The van der Waals surface area contributed by atoms with Gasteiger partial charge in [-0.05, 0) is 36.8 Å². The summed E-state index contributed by atoms with van der Waals surface area (Å²) in [6.45, 7) is 2.26. The lowest BCUT2D eigenvalue weighted by molar-refractivity contribution is -0.131. The molecule has 2 heterocycles. The largest absolute Gasteiger partial charge is 0.342 e. The molecule has 0 unspecified atom stereocenters. The molecule has 0 aromatic carbocycles. The smallest absolute Gasteiger partial charge is 0.261 e. The maximum Gasteiger partial charge on any atom is 0.261 e.